The van der Waals surface area contributed by atoms with Crippen molar-refractivity contribution in [1.29, 1.82) is 0 Å². The number of carbonyl (C=O) groups is 1. The standard InChI is InChI=1S/C17H28N2O2/c1-13(2)16(20)10-17(21)18-11-14(3)19(4)12-15-8-6-5-7-9-15/h5-9,13-14,16,20H,10-12H2,1-4H3,(H,18,21). The fourth-order valence-electron chi connectivity index (χ4n) is 1.94. The van der Waals surface area contributed by atoms with Crippen molar-refractivity contribution in [3.8, 4) is 0 Å². The van der Waals surface area contributed by atoms with E-state index in [9.17, 15) is 9.90 Å². The van der Waals surface area contributed by atoms with Crippen LogP contribution >= 0.6 is 0 Å². The highest BCUT2D eigenvalue weighted by atomic mass is 16.3. The minimum Gasteiger partial charge on any atom is -0.392 e. The van der Waals surface area contributed by atoms with Gasteiger partial charge < -0.3 is 10.4 Å². The normalized spacial score (nSPS) is 14.2. The first-order valence-corrected chi connectivity index (χ1v) is 7.59. The first-order valence-electron chi connectivity index (χ1n) is 7.59. The lowest BCUT2D eigenvalue weighted by molar-refractivity contribution is -0.123. The first-order chi connectivity index (χ1) is 9.90. The predicted octanol–water partition coefficient (Wildman–Crippen LogP) is 2.03. The molecule has 118 valence electrons. The second kappa shape index (κ2) is 8.80. The van der Waals surface area contributed by atoms with Crippen molar-refractivity contribution in [3.05, 3.63) is 35.9 Å². The van der Waals surface area contributed by atoms with E-state index in [0.29, 0.717) is 6.54 Å². The van der Waals surface area contributed by atoms with Gasteiger partial charge in [-0.15, -0.1) is 0 Å². The number of carbonyl (C=O) groups excluding carboxylic acids is 1. The van der Waals surface area contributed by atoms with Gasteiger partial charge in [-0.05, 0) is 25.5 Å². The lowest BCUT2D eigenvalue weighted by Crippen LogP contribution is -2.40. The minimum absolute atomic E-state index is 0.0869. The Balaban J connectivity index is 2.32. The molecule has 2 atom stereocenters. The molecule has 2 N–H and O–H groups in total. The van der Waals surface area contributed by atoms with Crippen LogP contribution in [-0.2, 0) is 11.3 Å². The van der Waals surface area contributed by atoms with Gasteiger partial charge in [-0.25, -0.2) is 0 Å². The number of aliphatic hydroxyl groups is 1. The van der Waals surface area contributed by atoms with Gasteiger partial charge in [0.05, 0.1) is 12.5 Å². The molecule has 0 saturated heterocycles. The van der Waals surface area contributed by atoms with E-state index in [1.165, 1.54) is 5.56 Å². The molecule has 21 heavy (non-hydrogen) atoms. The summed E-state index contributed by atoms with van der Waals surface area (Å²) in [5, 5.41) is 12.6. The molecule has 0 aliphatic carbocycles. The van der Waals surface area contributed by atoms with Crippen molar-refractivity contribution >= 4 is 5.91 Å². The Morgan fingerprint density at radius 2 is 1.86 bits per heavy atom. The van der Waals surface area contributed by atoms with Gasteiger partial charge in [-0.2, -0.15) is 0 Å². The average molecular weight is 292 g/mol. The monoisotopic (exact) mass is 292 g/mol. The maximum absolute atomic E-state index is 11.8. The molecule has 2 unspecified atom stereocenters. The zero-order valence-corrected chi connectivity index (χ0v) is 13.5. The third-order valence-corrected chi connectivity index (χ3v) is 3.79. The summed E-state index contributed by atoms with van der Waals surface area (Å²) in [5.74, 6) is 0.0186. The van der Waals surface area contributed by atoms with Crippen LogP contribution in [0.25, 0.3) is 0 Å². The molecule has 4 nitrogen and oxygen atoms in total. The smallest absolute Gasteiger partial charge is 0.222 e. The Labute approximate surface area is 128 Å². The Morgan fingerprint density at radius 3 is 2.43 bits per heavy atom. The molecular formula is C17H28N2O2. The highest BCUT2D eigenvalue weighted by molar-refractivity contribution is 5.76. The molecule has 0 radical (unpaired) electrons. The number of rotatable bonds is 8. The molecule has 1 aromatic carbocycles. The number of nitrogens with zero attached hydrogens (tertiary/aromatic N) is 1. The summed E-state index contributed by atoms with van der Waals surface area (Å²) in [4.78, 5) is 14.0. The fourth-order valence-corrected chi connectivity index (χ4v) is 1.94. The molecule has 1 aromatic rings. The Kier molecular flexibility index (Phi) is 7.40. The third-order valence-electron chi connectivity index (χ3n) is 3.79. The molecule has 0 spiro atoms. The van der Waals surface area contributed by atoms with Gasteiger partial charge in [0.15, 0.2) is 0 Å². The van der Waals surface area contributed by atoms with Crippen molar-refractivity contribution < 1.29 is 9.90 Å². The van der Waals surface area contributed by atoms with Crippen molar-refractivity contribution in [2.75, 3.05) is 13.6 Å². The number of nitrogens with one attached hydrogen (secondary N) is 1. The highest BCUT2D eigenvalue weighted by Gasteiger charge is 2.16. The van der Waals surface area contributed by atoms with E-state index in [2.05, 4.69) is 29.3 Å². The topological polar surface area (TPSA) is 52.6 Å². The molecule has 1 amide bonds. The molecule has 0 aromatic heterocycles. The zero-order valence-electron chi connectivity index (χ0n) is 13.5. The van der Waals surface area contributed by atoms with Gasteiger partial charge >= 0.3 is 0 Å². The van der Waals surface area contributed by atoms with Crippen LogP contribution in [0.3, 0.4) is 0 Å². The minimum atomic E-state index is -0.567. The van der Waals surface area contributed by atoms with E-state index >= 15 is 0 Å². The second-order valence-electron chi connectivity index (χ2n) is 6.07. The van der Waals surface area contributed by atoms with Gasteiger partial charge in [-0.3, -0.25) is 9.69 Å². The average Bonchev–Trinajstić information content (AvgIpc) is 2.45. The van der Waals surface area contributed by atoms with Crippen molar-refractivity contribution in [1.82, 2.24) is 10.2 Å². The van der Waals surface area contributed by atoms with Crippen molar-refractivity contribution in [2.24, 2.45) is 5.92 Å². The predicted molar refractivity (Wildman–Crippen MR) is 85.8 cm³/mol. The van der Waals surface area contributed by atoms with Crippen LogP contribution in [0.4, 0.5) is 0 Å². The van der Waals surface area contributed by atoms with Crippen LogP contribution in [0.15, 0.2) is 30.3 Å². The van der Waals surface area contributed by atoms with E-state index in [4.69, 9.17) is 0 Å². The zero-order chi connectivity index (χ0) is 15.8. The summed E-state index contributed by atoms with van der Waals surface area (Å²) in [5.41, 5.74) is 1.26. The number of hydrogen-bond donors (Lipinski definition) is 2. The van der Waals surface area contributed by atoms with Gasteiger partial charge in [0.1, 0.15) is 0 Å². The molecule has 4 heteroatoms. The first kappa shape index (κ1) is 17.7. The maximum Gasteiger partial charge on any atom is 0.222 e. The van der Waals surface area contributed by atoms with Crippen LogP contribution in [0.2, 0.25) is 0 Å². The maximum atomic E-state index is 11.8. The van der Waals surface area contributed by atoms with Crippen LogP contribution in [0.1, 0.15) is 32.8 Å². The summed E-state index contributed by atoms with van der Waals surface area (Å²) in [6, 6.07) is 10.5. The molecule has 1 rings (SSSR count). The van der Waals surface area contributed by atoms with E-state index < -0.39 is 6.10 Å². The Hall–Kier alpha value is -1.39. The van der Waals surface area contributed by atoms with E-state index in [1.807, 2.05) is 39.1 Å². The van der Waals surface area contributed by atoms with E-state index in [0.717, 1.165) is 6.54 Å². The number of aliphatic hydroxyl groups excluding tert-OH is 1. The second-order valence-corrected chi connectivity index (χ2v) is 6.07. The fraction of sp³-hybridized carbons (Fsp3) is 0.588. The lowest BCUT2D eigenvalue weighted by atomic mass is 10.0. The number of benzene rings is 1. The molecule has 0 aliphatic heterocycles. The molecule has 0 fully saturated rings. The van der Waals surface area contributed by atoms with Crippen LogP contribution in [0, 0.1) is 5.92 Å². The molecule has 0 saturated carbocycles. The molecule has 0 heterocycles. The molecule has 0 aliphatic rings. The quantitative estimate of drug-likeness (QED) is 0.771. The summed E-state index contributed by atoms with van der Waals surface area (Å²) < 4.78 is 0. The van der Waals surface area contributed by atoms with Crippen molar-refractivity contribution in [2.45, 2.75) is 45.9 Å². The van der Waals surface area contributed by atoms with Gasteiger partial charge in [0.2, 0.25) is 5.91 Å². The SMILES string of the molecule is CC(C)C(O)CC(=O)NCC(C)N(C)Cc1ccccc1. The van der Waals surface area contributed by atoms with Gasteiger partial charge in [0.25, 0.3) is 0 Å². The van der Waals surface area contributed by atoms with E-state index in [-0.39, 0.29) is 24.3 Å². The molecule has 0 bridgehead atoms. The lowest BCUT2D eigenvalue weighted by Gasteiger charge is -2.25. The number of amides is 1. The number of hydrogen-bond acceptors (Lipinski definition) is 3. The summed E-state index contributed by atoms with van der Waals surface area (Å²) in [7, 11) is 2.05. The van der Waals surface area contributed by atoms with Crippen LogP contribution < -0.4 is 5.32 Å². The van der Waals surface area contributed by atoms with Gasteiger partial charge in [0, 0.05) is 19.1 Å². The van der Waals surface area contributed by atoms with Crippen LogP contribution in [-0.4, -0.2) is 41.7 Å². The summed E-state index contributed by atoms with van der Waals surface area (Å²) in [6.45, 7) is 7.35. The van der Waals surface area contributed by atoms with E-state index in [1.54, 1.807) is 0 Å². The largest absolute Gasteiger partial charge is 0.392 e. The third kappa shape index (κ3) is 6.74. The Bertz CT molecular complexity index is 420. The molecular weight excluding hydrogens is 264 g/mol. The number of likely N-dealkylation sites (N-methyl/N-ethyl adjacent to an activating group) is 1. The summed E-state index contributed by atoms with van der Waals surface area (Å²) >= 11 is 0. The highest BCUT2D eigenvalue weighted by Crippen LogP contribution is 2.07. The van der Waals surface area contributed by atoms with Crippen molar-refractivity contribution in [3.63, 3.8) is 0 Å². The van der Waals surface area contributed by atoms with Crippen LogP contribution in [0.5, 0.6) is 0 Å². The summed E-state index contributed by atoms with van der Waals surface area (Å²) in [6.07, 6.45) is -0.394. The van der Waals surface area contributed by atoms with Gasteiger partial charge in [-0.1, -0.05) is 44.2 Å². The Morgan fingerprint density at radius 1 is 1.24 bits per heavy atom.